The molecule has 5 rings (SSSR count). The fourth-order valence-electron chi connectivity index (χ4n) is 4.04. The van der Waals surface area contributed by atoms with Gasteiger partial charge in [0.15, 0.2) is 0 Å². The maximum absolute atomic E-state index is 13.4. The largest absolute Gasteiger partial charge is 0.487 e. The summed E-state index contributed by atoms with van der Waals surface area (Å²) in [5.74, 6) is 7.23. The van der Waals surface area contributed by atoms with Crippen LogP contribution < -0.4 is 20.7 Å². The molecule has 1 aliphatic rings. The number of hydrogen-bond donors (Lipinski definition) is 3. The first-order valence-corrected chi connectivity index (χ1v) is 13.5. The highest BCUT2D eigenvalue weighted by Gasteiger charge is 2.25. The summed E-state index contributed by atoms with van der Waals surface area (Å²) in [6, 6.07) is 13.5. The first kappa shape index (κ1) is 26.7. The number of benzene rings is 2. The summed E-state index contributed by atoms with van der Waals surface area (Å²) in [7, 11) is 0. The van der Waals surface area contributed by atoms with E-state index < -0.39 is 6.09 Å². The number of rotatable bonds is 7. The second-order valence-corrected chi connectivity index (χ2v) is 10.2. The van der Waals surface area contributed by atoms with Gasteiger partial charge in [-0.1, -0.05) is 35.6 Å². The number of hydrogen-bond acceptors (Lipinski definition) is 8. The van der Waals surface area contributed by atoms with Gasteiger partial charge in [-0.2, -0.15) is 0 Å². The molecule has 1 saturated heterocycles. The van der Waals surface area contributed by atoms with Crippen molar-refractivity contribution in [1.29, 1.82) is 0 Å². The Balaban J connectivity index is 1.24. The van der Waals surface area contributed by atoms with E-state index in [0.29, 0.717) is 41.7 Å². The van der Waals surface area contributed by atoms with Crippen molar-refractivity contribution < 1.29 is 18.7 Å². The van der Waals surface area contributed by atoms with E-state index in [0.717, 1.165) is 20.8 Å². The Hall–Kier alpha value is -3.91. The van der Waals surface area contributed by atoms with Crippen LogP contribution in [0.25, 0.3) is 10.2 Å². The van der Waals surface area contributed by atoms with E-state index in [1.54, 1.807) is 24.3 Å². The molecule has 200 valence electrons. The highest BCUT2D eigenvalue weighted by atomic mass is 35.5. The summed E-state index contributed by atoms with van der Waals surface area (Å²) >= 11 is 7.92. The number of carbonyl (C=O) groups excluding carboxylic acids is 1. The van der Waals surface area contributed by atoms with Gasteiger partial charge in [0.1, 0.15) is 41.3 Å². The lowest BCUT2D eigenvalue weighted by atomic mass is 10.2. The molecule has 0 radical (unpaired) electrons. The van der Waals surface area contributed by atoms with Crippen LogP contribution in [-0.2, 0) is 11.3 Å². The molecule has 8 nitrogen and oxygen atoms in total. The number of alkyl carbamates (subject to hydrolysis) is 1. The molecule has 1 aliphatic heterocycles. The molecular formula is C28H25ClFN5O3S. The van der Waals surface area contributed by atoms with E-state index in [4.69, 9.17) is 21.1 Å². The lowest BCUT2D eigenvalue weighted by molar-refractivity contribution is 0.107. The van der Waals surface area contributed by atoms with Crippen LogP contribution in [0.4, 0.5) is 20.7 Å². The number of thiophene rings is 1. The zero-order valence-corrected chi connectivity index (χ0v) is 22.5. The molecular weight excluding hydrogens is 541 g/mol. The quantitative estimate of drug-likeness (QED) is 0.250. The number of fused-ring (bicyclic) bond motifs is 1. The molecule has 3 N–H and O–H groups in total. The second-order valence-electron chi connectivity index (χ2n) is 8.76. The van der Waals surface area contributed by atoms with E-state index in [2.05, 4.69) is 37.8 Å². The molecule has 0 spiro atoms. The minimum absolute atomic E-state index is 0.0675. The predicted octanol–water partition coefficient (Wildman–Crippen LogP) is 5.63. The van der Waals surface area contributed by atoms with E-state index in [1.807, 2.05) is 19.1 Å². The zero-order valence-electron chi connectivity index (χ0n) is 21.0. The van der Waals surface area contributed by atoms with Crippen LogP contribution in [0.15, 0.2) is 54.9 Å². The van der Waals surface area contributed by atoms with Crippen molar-refractivity contribution in [2.75, 3.05) is 18.4 Å². The molecule has 2 unspecified atom stereocenters. The Bertz CT molecular complexity index is 1550. The van der Waals surface area contributed by atoms with E-state index in [9.17, 15) is 9.18 Å². The van der Waals surface area contributed by atoms with Crippen molar-refractivity contribution in [2.45, 2.75) is 32.1 Å². The van der Waals surface area contributed by atoms with Crippen molar-refractivity contribution in [2.24, 2.45) is 0 Å². The number of aromatic nitrogens is 2. The molecule has 11 heteroatoms. The van der Waals surface area contributed by atoms with Crippen molar-refractivity contribution in [3.8, 4) is 17.6 Å². The summed E-state index contributed by atoms with van der Waals surface area (Å²) in [6.45, 7) is 3.14. The van der Waals surface area contributed by atoms with Crippen LogP contribution in [0.1, 0.15) is 23.8 Å². The second kappa shape index (κ2) is 12.3. The Morgan fingerprint density at radius 1 is 1.26 bits per heavy atom. The summed E-state index contributed by atoms with van der Waals surface area (Å²) in [4.78, 5) is 22.1. The van der Waals surface area contributed by atoms with Crippen molar-refractivity contribution in [3.05, 3.63) is 76.1 Å². The number of ether oxygens (including phenoxy) is 2. The zero-order chi connectivity index (χ0) is 27.2. The molecule has 3 heterocycles. The lowest BCUT2D eigenvalue weighted by Crippen LogP contribution is -2.29. The smallest absolute Gasteiger partial charge is 0.407 e. The summed E-state index contributed by atoms with van der Waals surface area (Å²) < 4.78 is 24.5. The van der Waals surface area contributed by atoms with Crippen molar-refractivity contribution in [1.82, 2.24) is 20.6 Å². The van der Waals surface area contributed by atoms with Gasteiger partial charge in [-0.25, -0.2) is 19.2 Å². The first-order chi connectivity index (χ1) is 19.0. The van der Waals surface area contributed by atoms with Crippen molar-refractivity contribution in [3.63, 3.8) is 0 Å². The molecule has 2 atom stereocenters. The molecule has 0 aliphatic carbocycles. The first-order valence-electron chi connectivity index (χ1n) is 12.3. The maximum Gasteiger partial charge on any atom is 0.407 e. The predicted molar refractivity (Wildman–Crippen MR) is 150 cm³/mol. The molecule has 0 bridgehead atoms. The number of nitrogens with zero attached hydrogens (tertiary/aromatic N) is 2. The van der Waals surface area contributed by atoms with E-state index in [-0.39, 0.29) is 24.6 Å². The third-order valence-corrected chi connectivity index (χ3v) is 7.12. The number of nitrogens with one attached hydrogen (secondary N) is 3. The van der Waals surface area contributed by atoms with Gasteiger partial charge < -0.3 is 20.1 Å². The summed E-state index contributed by atoms with van der Waals surface area (Å²) in [5.41, 5.74) is 1.44. The van der Waals surface area contributed by atoms with Crippen molar-refractivity contribution >= 4 is 50.8 Å². The molecule has 4 aromatic rings. The fourth-order valence-corrected chi connectivity index (χ4v) is 5.13. The monoisotopic (exact) mass is 565 g/mol. The van der Waals surface area contributed by atoms with E-state index in [1.165, 1.54) is 29.8 Å². The minimum Gasteiger partial charge on any atom is -0.487 e. The topological polar surface area (TPSA) is 97.4 Å². The molecule has 2 aromatic heterocycles. The SMILES string of the molecule is CCNC(=O)OC1CNC(C#Cc2cc3c(Nc4ccc(OCc5cccc(F)c5)c(Cl)c4)ncnc3s2)C1. The van der Waals surface area contributed by atoms with Gasteiger partial charge in [0, 0.05) is 25.2 Å². The Labute approximate surface area is 233 Å². The van der Waals surface area contributed by atoms with Gasteiger partial charge in [-0.15, -0.1) is 11.3 Å². The summed E-state index contributed by atoms with van der Waals surface area (Å²) in [5, 5.41) is 10.5. The minimum atomic E-state index is -0.409. The highest BCUT2D eigenvalue weighted by molar-refractivity contribution is 7.19. The number of anilines is 2. The molecule has 1 amide bonds. The van der Waals surface area contributed by atoms with E-state index >= 15 is 0 Å². The molecule has 2 aromatic carbocycles. The third kappa shape index (κ3) is 6.95. The van der Waals surface area contributed by atoms with Crippen LogP contribution in [0, 0.1) is 17.7 Å². The highest BCUT2D eigenvalue weighted by Crippen LogP contribution is 2.33. The average molecular weight is 566 g/mol. The lowest BCUT2D eigenvalue weighted by Gasteiger charge is -2.11. The standard InChI is InChI=1S/C28H25ClFN5O3S/c1-2-31-28(36)38-21-11-19(32-14-21)6-8-22-13-23-26(33-16-34-27(23)39-22)35-20-7-9-25(24(29)12-20)37-15-17-4-3-5-18(30)10-17/h3-5,7,9-10,12-13,16,19,21,32H,2,11,14-15H2,1H3,(H,31,36)(H,33,34,35). The Kier molecular flexibility index (Phi) is 8.42. The number of carbonyl (C=O) groups is 1. The normalized spacial score (nSPS) is 16.4. The fraction of sp³-hybridized carbons (Fsp3) is 0.250. The van der Waals surface area contributed by atoms with Gasteiger partial charge in [0.25, 0.3) is 0 Å². The third-order valence-electron chi connectivity index (χ3n) is 5.86. The maximum atomic E-state index is 13.4. The van der Waals surface area contributed by atoms with Crippen LogP contribution in [0.3, 0.4) is 0 Å². The summed E-state index contributed by atoms with van der Waals surface area (Å²) in [6.07, 6.45) is 1.51. The van der Waals surface area contributed by atoms with Gasteiger partial charge in [0.05, 0.1) is 21.3 Å². The molecule has 0 saturated carbocycles. The van der Waals surface area contributed by atoms with Crippen LogP contribution in [0.5, 0.6) is 5.75 Å². The van der Waals surface area contributed by atoms with Gasteiger partial charge in [-0.3, -0.25) is 5.32 Å². The van der Waals surface area contributed by atoms with Gasteiger partial charge >= 0.3 is 6.09 Å². The number of amides is 1. The van der Waals surface area contributed by atoms with Crippen LogP contribution >= 0.6 is 22.9 Å². The molecule has 1 fully saturated rings. The van der Waals surface area contributed by atoms with Crippen LogP contribution in [0.2, 0.25) is 5.02 Å². The average Bonchev–Trinajstić information content (AvgIpc) is 3.54. The Morgan fingerprint density at radius 3 is 2.97 bits per heavy atom. The number of halogens is 2. The van der Waals surface area contributed by atoms with Gasteiger partial charge in [0.2, 0.25) is 0 Å². The van der Waals surface area contributed by atoms with Gasteiger partial charge in [-0.05, 0) is 48.9 Å². The van der Waals surface area contributed by atoms with Crippen LogP contribution in [-0.4, -0.2) is 41.3 Å². The Morgan fingerprint density at radius 2 is 2.15 bits per heavy atom. The molecule has 39 heavy (non-hydrogen) atoms.